The molecule has 4 heteroatoms. The number of benzene rings is 2. The van der Waals surface area contributed by atoms with Crippen molar-refractivity contribution in [1.29, 1.82) is 0 Å². The number of ether oxygens (including phenoxy) is 1. The van der Waals surface area contributed by atoms with E-state index in [9.17, 15) is 0 Å². The molecule has 0 aliphatic rings. The predicted octanol–water partition coefficient (Wildman–Crippen LogP) is 4.54. The third-order valence-electron chi connectivity index (χ3n) is 3.93. The summed E-state index contributed by atoms with van der Waals surface area (Å²) in [6.07, 6.45) is 0. The highest BCUT2D eigenvalue weighted by Gasteiger charge is 2.20. The van der Waals surface area contributed by atoms with Crippen LogP contribution in [0.25, 0.3) is 11.3 Å². The lowest BCUT2D eigenvalue weighted by molar-refractivity contribution is 0.297. The second-order valence-corrected chi connectivity index (χ2v) is 6.94. The molecule has 124 valence electrons. The molecule has 1 heterocycles. The van der Waals surface area contributed by atoms with Crippen LogP contribution in [-0.2, 0) is 12.0 Å². The fourth-order valence-electron chi connectivity index (χ4n) is 2.63. The highest BCUT2D eigenvalue weighted by molar-refractivity contribution is 5.65. The molecule has 0 atom stereocenters. The quantitative estimate of drug-likeness (QED) is 0.741. The number of H-pyrrole nitrogens is 1. The lowest BCUT2D eigenvalue weighted by Crippen LogP contribution is -2.13. The molecule has 1 aromatic heterocycles. The molecule has 24 heavy (non-hydrogen) atoms. The summed E-state index contributed by atoms with van der Waals surface area (Å²) in [5.41, 5.74) is 9.95. The van der Waals surface area contributed by atoms with Crippen LogP contribution in [-0.4, -0.2) is 10.2 Å². The first-order valence-corrected chi connectivity index (χ1v) is 8.06. The summed E-state index contributed by atoms with van der Waals surface area (Å²) >= 11 is 0. The lowest BCUT2D eigenvalue weighted by Gasteiger charge is -2.23. The summed E-state index contributed by atoms with van der Waals surface area (Å²) in [5.74, 6) is 1.40. The van der Waals surface area contributed by atoms with Crippen molar-refractivity contribution in [2.24, 2.45) is 0 Å². The van der Waals surface area contributed by atoms with Gasteiger partial charge in [0, 0.05) is 17.2 Å². The van der Waals surface area contributed by atoms with Crippen LogP contribution in [0.15, 0.2) is 54.6 Å². The average molecular weight is 321 g/mol. The number of nitrogens with two attached hydrogens (primary N) is 1. The third-order valence-corrected chi connectivity index (χ3v) is 3.93. The number of nitrogens with zero attached hydrogens (tertiary/aromatic N) is 1. The molecule has 0 fully saturated rings. The van der Waals surface area contributed by atoms with Crippen molar-refractivity contribution in [1.82, 2.24) is 10.2 Å². The number of anilines is 1. The number of aromatic amines is 1. The van der Waals surface area contributed by atoms with Crippen LogP contribution >= 0.6 is 0 Å². The zero-order valence-electron chi connectivity index (χ0n) is 14.3. The Balaban J connectivity index is 1.91. The standard InChI is InChI=1S/C20H23N3O/c1-20(2,3)16-11-15(17-12-19(21)23-22-17)9-10-18(16)24-13-14-7-5-4-6-8-14/h4-12H,13H2,1-3H3,(H3,21,22,23). The van der Waals surface area contributed by atoms with Crippen molar-refractivity contribution in [3.8, 4) is 17.0 Å². The Morgan fingerprint density at radius 2 is 1.79 bits per heavy atom. The van der Waals surface area contributed by atoms with Crippen LogP contribution in [0, 0.1) is 0 Å². The van der Waals surface area contributed by atoms with Crippen LogP contribution < -0.4 is 10.5 Å². The van der Waals surface area contributed by atoms with E-state index in [0.717, 1.165) is 28.1 Å². The van der Waals surface area contributed by atoms with E-state index in [1.54, 1.807) is 0 Å². The van der Waals surface area contributed by atoms with E-state index >= 15 is 0 Å². The Morgan fingerprint density at radius 3 is 2.42 bits per heavy atom. The monoisotopic (exact) mass is 321 g/mol. The number of hydrogen-bond acceptors (Lipinski definition) is 3. The molecule has 4 nitrogen and oxygen atoms in total. The normalized spacial score (nSPS) is 11.5. The summed E-state index contributed by atoms with van der Waals surface area (Å²) in [6.45, 7) is 7.11. The minimum Gasteiger partial charge on any atom is -0.489 e. The summed E-state index contributed by atoms with van der Waals surface area (Å²) in [7, 11) is 0. The Labute approximate surface area is 142 Å². The van der Waals surface area contributed by atoms with Gasteiger partial charge in [-0.25, -0.2) is 0 Å². The summed E-state index contributed by atoms with van der Waals surface area (Å²) in [6, 6.07) is 18.2. The summed E-state index contributed by atoms with van der Waals surface area (Å²) in [5, 5.41) is 6.97. The van der Waals surface area contributed by atoms with Gasteiger partial charge in [-0.1, -0.05) is 51.1 Å². The second-order valence-electron chi connectivity index (χ2n) is 6.94. The van der Waals surface area contributed by atoms with E-state index in [1.165, 1.54) is 0 Å². The maximum atomic E-state index is 6.10. The largest absolute Gasteiger partial charge is 0.489 e. The Bertz CT molecular complexity index is 816. The van der Waals surface area contributed by atoms with Gasteiger partial charge in [-0.15, -0.1) is 0 Å². The predicted molar refractivity (Wildman–Crippen MR) is 97.9 cm³/mol. The number of aromatic nitrogens is 2. The van der Waals surface area contributed by atoms with Gasteiger partial charge in [0.2, 0.25) is 0 Å². The fraction of sp³-hybridized carbons (Fsp3) is 0.250. The third kappa shape index (κ3) is 3.59. The summed E-state index contributed by atoms with van der Waals surface area (Å²) < 4.78 is 6.10. The average Bonchev–Trinajstić information content (AvgIpc) is 2.99. The van der Waals surface area contributed by atoms with E-state index in [1.807, 2.05) is 36.4 Å². The molecule has 3 rings (SSSR count). The van der Waals surface area contributed by atoms with Crippen LogP contribution in [0.1, 0.15) is 31.9 Å². The van der Waals surface area contributed by atoms with Gasteiger partial charge in [-0.05, 0) is 29.2 Å². The molecule has 0 amide bonds. The fourth-order valence-corrected chi connectivity index (χ4v) is 2.63. The molecule has 0 saturated heterocycles. The molecule has 3 N–H and O–H groups in total. The maximum Gasteiger partial charge on any atom is 0.145 e. The maximum absolute atomic E-state index is 6.10. The molecule has 0 bridgehead atoms. The molecule has 3 aromatic rings. The number of nitrogen functional groups attached to an aromatic ring is 1. The molecule has 2 aromatic carbocycles. The van der Waals surface area contributed by atoms with Crippen molar-refractivity contribution < 1.29 is 4.74 Å². The molecule has 0 aliphatic carbocycles. The minimum absolute atomic E-state index is 0.0341. The molecular weight excluding hydrogens is 298 g/mol. The van der Waals surface area contributed by atoms with E-state index in [-0.39, 0.29) is 5.41 Å². The topological polar surface area (TPSA) is 63.9 Å². The molecular formula is C20H23N3O. The Hall–Kier alpha value is -2.75. The molecule has 0 unspecified atom stereocenters. The number of hydrogen-bond donors (Lipinski definition) is 2. The Kier molecular flexibility index (Phi) is 4.30. The van der Waals surface area contributed by atoms with Gasteiger partial charge in [0.25, 0.3) is 0 Å². The van der Waals surface area contributed by atoms with Crippen molar-refractivity contribution in [2.45, 2.75) is 32.8 Å². The van der Waals surface area contributed by atoms with Crippen molar-refractivity contribution >= 4 is 5.82 Å². The lowest BCUT2D eigenvalue weighted by atomic mass is 9.85. The number of nitrogens with one attached hydrogen (secondary N) is 1. The highest BCUT2D eigenvalue weighted by atomic mass is 16.5. The smallest absolute Gasteiger partial charge is 0.145 e. The van der Waals surface area contributed by atoms with Crippen LogP contribution in [0.3, 0.4) is 0 Å². The van der Waals surface area contributed by atoms with Crippen molar-refractivity contribution in [3.05, 3.63) is 65.7 Å². The van der Waals surface area contributed by atoms with E-state index in [0.29, 0.717) is 12.4 Å². The van der Waals surface area contributed by atoms with Crippen molar-refractivity contribution in [2.75, 3.05) is 5.73 Å². The van der Waals surface area contributed by atoms with Gasteiger partial charge in [-0.2, -0.15) is 5.10 Å². The highest BCUT2D eigenvalue weighted by Crippen LogP contribution is 2.35. The molecule has 0 spiro atoms. The number of rotatable bonds is 4. The van der Waals surface area contributed by atoms with Crippen LogP contribution in [0.2, 0.25) is 0 Å². The van der Waals surface area contributed by atoms with Gasteiger partial charge >= 0.3 is 0 Å². The first-order chi connectivity index (χ1) is 11.4. The van der Waals surface area contributed by atoms with Crippen molar-refractivity contribution in [3.63, 3.8) is 0 Å². The SMILES string of the molecule is CC(C)(C)c1cc(-c2cc(N)n[nH]2)ccc1OCc1ccccc1. The summed E-state index contributed by atoms with van der Waals surface area (Å²) in [4.78, 5) is 0. The molecule has 0 saturated carbocycles. The zero-order valence-corrected chi connectivity index (χ0v) is 14.3. The first kappa shape index (κ1) is 16.1. The van der Waals surface area contributed by atoms with Gasteiger partial charge in [0.15, 0.2) is 0 Å². The van der Waals surface area contributed by atoms with E-state index in [2.05, 4.69) is 49.2 Å². The van der Waals surface area contributed by atoms with E-state index < -0.39 is 0 Å². The Morgan fingerprint density at radius 1 is 1.04 bits per heavy atom. The van der Waals surface area contributed by atoms with Crippen LogP contribution in [0.5, 0.6) is 5.75 Å². The molecule has 0 aliphatic heterocycles. The van der Waals surface area contributed by atoms with Gasteiger partial charge < -0.3 is 10.5 Å². The zero-order chi connectivity index (χ0) is 17.2. The van der Waals surface area contributed by atoms with E-state index in [4.69, 9.17) is 10.5 Å². The van der Waals surface area contributed by atoms with Gasteiger partial charge in [0.1, 0.15) is 18.2 Å². The van der Waals surface area contributed by atoms with Gasteiger partial charge in [0.05, 0.1) is 5.69 Å². The van der Waals surface area contributed by atoms with Crippen LogP contribution in [0.4, 0.5) is 5.82 Å². The minimum atomic E-state index is -0.0341. The molecule has 0 radical (unpaired) electrons. The first-order valence-electron chi connectivity index (χ1n) is 8.06. The second kappa shape index (κ2) is 6.40. The van der Waals surface area contributed by atoms with Gasteiger partial charge in [-0.3, -0.25) is 5.10 Å².